The zero-order valence-corrected chi connectivity index (χ0v) is 23.0. The predicted molar refractivity (Wildman–Crippen MR) is 148 cm³/mol. The fourth-order valence-electron chi connectivity index (χ4n) is 4.64. The molecular weight excluding hydrogens is 484 g/mol. The van der Waals surface area contributed by atoms with E-state index in [4.69, 9.17) is 14.2 Å². The minimum atomic E-state index is -0.792. The number of rotatable bonds is 13. The van der Waals surface area contributed by atoms with E-state index < -0.39 is 17.7 Å². The number of aliphatic hydroxyl groups is 1. The molecule has 1 saturated heterocycles. The number of nitrogens with zero attached hydrogens (tertiary/aromatic N) is 2. The lowest BCUT2D eigenvalue weighted by atomic mass is 9.94. The van der Waals surface area contributed by atoms with Crippen LogP contribution in [0, 0.1) is 6.92 Å². The number of benzene rings is 2. The highest BCUT2D eigenvalue weighted by atomic mass is 16.5. The molecule has 1 aliphatic rings. The summed E-state index contributed by atoms with van der Waals surface area (Å²) in [5, 5.41) is 11.4. The highest BCUT2D eigenvalue weighted by Crippen LogP contribution is 2.42. The molecular formula is C30H38N2O6. The summed E-state index contributed by atoms with van der Waals surface area (Å²) in [5.41, 5.74) is 1.93. The number of likely N-dealkylation sites (tertiary alicyclic amines) is 1. The van der Waals surface area contributed by atoms with Crippen LogP contribution < -0.4 is 14.2 Å². The van der Waals surface area contributed by atoms with Crippen molar-refractivity contribution in [3.63, 3.8) is 0 Å². The number of amides is 1. The Morgan fingerprint density at radius 3 is 2.37 bits per heavy atom. The molecule has 1 aliphatic heterocycles. The van der Waals surface area contributed by atoms with Crippen LogP contribution in [0.3, 0.4) is 0 Å². The molecule has 8 nitrogen and oxygen atoms in total. The summed E-state index contributed by atoms with van der Waals surface area (Å²) in [6.07, 6.45) is 1.63. The summed E-state index contributed by atoms with van der Waals surface area (Å²) >= 11 is 0. The third-order valence-corrected chi connectivity index (χ3v) is 6.70. The summed E-state index contributed by atoms with van der Waals surface area (Å²) < 4.78 is 16.9. The minimum Gasteiger partial charge on any atom is -0.507 e. The third-order valence-electron chi connectivity index (χ3n) is 6.70. The molecule has 0 saturated carbocycles. The number of likely N-dealkylation sites (N-methyl/N-ethyl adjacent to an activating group) is 1. The second kappa shape index (κ2) is 13.1. The number of ether oxygens (including phenoxy) is 3. The standard InChI is InChI=1S/C30H38N2O6/c1-7-17-38-24-14-11-21(19-25(24)36-6)27-26(28(33)22-12-13-23(37-10-4)20(5)18-22)29(34)30(35)32(27)16-15-31(8-2)9-3/h7,11-14,18-19,27,33H,1,8-10,15-17H2,2-6H3/b28-26+. The number of carbonyl (C=O) groups is 2. The van der Waals surface area contributed by atoms with Crippen LogP contribution in [0.1, 0.15) is 43.5 Å². The van der Waals surface area contributed by atoms with Gasteiger partial charge in [-0.05, 0) is 68.4 Å². The minimum absolute atomic E-state index is 0.0416. The van der Waals surface area contributed by atoms with Crippen LogP contribution in [-0.2, 0) is 9.59 Å². The van der Waals surface area contributed by atoms with Crippen LogP contribution in [0.4, 0.5) is 0 Å². The molecule has 38 heavy (non-hydrogen) atoms. The lowest BCUT2D eigenvalue weighted by Crippen LogP contribution is -2.38. The largest absolute Gasteiger partial charge is 0.507 e. The summed E-state index contributed by atoms with van der Waals surface area (Å²) in [5.74, 6) is 0.0757. The van der Waals surface area contributed by atoms with Gasteiger partial charge in [-0.2, -0.15) is 0 Å². The van der Waals surface area contributed by atoms with Crippen LogP contribution >= 0.6 is 0 Å². The van der Waals surface area contributed by atoms with E-state index in [0.29, 0.717) is 54.7 Å². The number of hydrogen-bond donors (Lipinski definition) is 1. The zero-order valence-electron chi connectivity index (χ0n) is 23.0. The van der Waals surface area contributed by atoms with Crippen molar-refractivity contribution in [3.8, 4) is 17.2 Å². The normalized spacial score (nSPS) is 16.7. The molecule has 8 heteroatoms. The molecule has 0 bridgehead atoms. The number of methoxy groups -OCH3 is 1. The van der Waals surface area contributed by atoms with Gasteiger partial charge in [0.1, 0.15) is 18.1 Å². The number of ketones is 1. The maximum absolute atomic E-state index is 13.4. The van der Waals surface area contributed by atoms with Crippen LogP contribution in [0.25, 0.3) is 5.76 Å². The average Bonchev–Trinajstić information content (AvgIpc) is 3.18. The van der Waals surface area contributed by atoms with Gasteiger partial charge in [-0.25, -0.2) is 0 Å². The first-order valence-electron chi connectivity index (χ1n) is 13.0. The first kappa shape index (κ1) is 28.8. The van der Waals surface area contributed by atoms with Gasteiger partial charge in [-0.3, -0.25) is 9.59 Å². The van der Waals surface area contributed by atoms with Crippen LogP contribution in [0.5, 0.6) is 17.2 Å². The summed E-state index contributed by atoms with van der Waals surface area (Å²) in [6, 6.07) is 9.69. The van der Waals surface area contributed by atoms with Gasteiger partial charge in [0.2, 0.25) is 0 Å². The van der Waals surface area contributed by atoms with Crippen molar-refractivity contribution < 1.29 is 28.9 Å². The fourth-order valence-corrected chi connectivity index (χ4v) is 4.64. The zero-order chi connectivity index (χ0) is 27.8. The second-order valence-corrected chi connectivity index (χ2v) is 8.94. The van der Waals surface area contributed by atoms with E-state index >= 15 is 0 Å². The van der Waals surface area contributed by atoms with E-state index in [-0.39, 0.29) is 11.3 Å². The summed E-state index contributed by atoms with van der Waals surface area (Å²) in [6.45, 7) is 14.9. The van der Waals surface area contributed by atoms with Gasteiger partial charge in [-0.15, -0.1) is 0 Å². The molecule has 3 rings (SSSR count). The van der Waals surface area contributed by atoms with E-state index in [2.05, 4.69) is 25.3 Å². The van der Waals surface area contributed by atoms with Crippen LogP contribution in [-0.4, -0.2) is 73.1 Å². The van der Waals surface area contributed by atoms with Gasteiger partial charge in [0.05, 0.1) is 25.3 Å². The van der Waals surface area contributed by atoms with Gasteiger partial charge in [0, 0.05) is 18.7 Å². The van der Waals surface area contributed by atoms with Gasteiger partial charge >= 0.3 is 0 Å². The molecule has 1 unspecified atom stereocenters. The lowest BCUT2D eigenvalue weighted by Gasteiger charge is -2.28. The fraction of sp³-hybridized carbons (Fsp3) is 0.400. The quantitative estimate of drug-likeness (QED) is 0.176. The van der Waals surface area contributed by atoms with Crippen molar-refractivity contribution in [3.05, 3.63) is 71.3 Å². The van der Waals surface area contributed by atoms with Crippen molar-refractivity contribution in [2.75, 3.05) is 46.5 Å². The Bertz CT molecular complexity index is 1200. The Hall–Kier alpha value is -3.78. The monoisotopic (exact) mass is 522 g/mol. The molecule has 0 aromatic heterocycles. The number of Topliss-reactive ketones (excluding diaryl/α,β-unsaturated/α-hetero) is 1. The Balaban J connectivity index is 2.14. The molecule has 204 valence electrons. The molecule has 0 spiro atoms. The maximum atomic E-state index is 13.4. The predicted octanol–water partition coefficient (Wildman–Crippen LogP) is 4.73. The number of aryl methyl sites for hydroxylation is 1. The Morgan fingerprint density at radius 2 is 1.76 bits per heavy atom. The summed E-state index contributed by atoms with van der Waals surface area (Å²) in [4.78, 5) is 30.4. The molecule has 2 aromatic rings. The maximum Gasteiger partial charge on any atom is 0.295 e. The molecule has 1 atom stereocenters. The topological polar surface area (TPSA) is 88.5 Å². The molecule has 1 amide bonds. The second-order valence-electron chi connectivity index (χ2n) is 8.94. The van der Waals surface area contributed by atoms with Crippen LogP contribution in [0.2, 0.25) is 0 Å². The van der Waals surface area contributed by atoms with Gasteiger partial charge in [0.25, 0.3) is 11.7 Å². The van der Waals surface area contributed by atoms with Gasteiger partial charge in [-0.1, -0.05) is 32.6 Å². The van der Waals surface area contributed by atoms with E-state index in [1.807, 2.05) is 13.8 Å². The molecule has 2 aromatic carbocycles. The van der Waals surface area contributed by atoms with E-state index in [0.717, 1.165) is 18.7 Å². The van der Waals surface area contributed by atoms with Crippen molar-refractivity contribution in [1.82, 2.24) is 9.80 Å². The molecule has 0 radical (unpaired) electrons. The lowest BCUT2D eigenvalue weighted by molar-refractivity contribution is -0.140. The first-order chi connectivity index (χ1) is 18.3. The van der Waals surface area contributed by atoms with Crippen molar-refractivity contribution in [2.24, 2.45) is 0 Å². The molecule has 1 fully saturated rings. The van der Waals surface area contributed by atoms with Gasteiger partial charge in [0.15, 0.2) is 11.5 Å². The van der Waals surface area contributed by atoms with Gasteiger partial charge < -0.3 is 29.1 Å². The van der Waals surface area contributed by atoms with E-state index in [1.54, 1.807) is 42.5 Å². The molecule has 1 heterocycles. The highest BCUT2D eigenvalue weighted by molar-refractivity contribution is 6.46. The highest BCUT2D eigenvalue weighted by Gasteiger charge is 2.46. The van der Waals surface area contributed by atoms with E-state index in [1.165, 1.54) is 12.0 Å². The Labute approximate surface area is 225 Å². The smallest absolute Gasteiger partial charge is 0.295 e. The van der Waals surface area contributed by atoms with Crippen molar-refractivity contribution in [2.45, 2.75) is 33.7 Å². The number of carbonyl (C=O) groups excluding carboxylic acids is 2. The third kappa shape index (κ3) is 6.02. The SMILES string of the molecule is C=CCOc1ccc(C2/C(=C(\O)c3ccc(OCC)c(C)c3)C(=O)C(=O)N2CCN(CC)CC)cc1OC. The van der Waals surface area contributed by atoms with Crippen molar-refractivity contribution >= 4 is 17.4 Å². The summed E-state index contributed by atoms with van der Waals surface area (Å²) in [7, 11) is 1.53. The first-order valence-corrected chi connectivity index (χ1v) is 13.0. The molecule has 0 aliphatic carbocycles. The Morgan fingerprint density at radius 1 is 1.05 bits per heavy atom. The number of hydrogen-bond acceptors (Lipinski definition) is 7. The van der Waals surface area contributed by atoms with E-state index in [9.17, 15) is 14.7 Å². The number of aliphatic hydroxyl groups excluding tert-OH is 1. The van der Waals surface area contributed by atoms with Crippen LogP contribution in [0.15, 0.2) is 54.6 Å². The molecule has 1 N–H and O–H groups in total. The average molecular weight is 523 g/mol. The van der Waals surface area contributed by atoms with Crippen molar-refractivity contribution in [1.29, 1.82) is 0 Å². The Kier molecular flexibility index (Phi) is 9.96.